The van der Waals surface area contributed by atoms with E-state index in [1.54, 1.807) is 23.8 Å². The normalized spacial score (nSPS) is 11.6. The molecule has 1 heterocycles. The molecule has 0 atom stereocenters. The molecule has 0 saturated carbocycles. The molecule has 0 radical (unpaired) electrons. The van der Waals surface area contributed by atoms with Gasteiger partial charge in [-0.2, -0.15) is 0 Å². The molecule has 0 amide bonds. The van der Waals surface area contributed by atoms with Crippen molar-refractivity contribution in [2.45, 2.75) is 65.6 Å². The Morgan fingerprint density at radius 1 is 0.972 bits per heavy atom. The van der Waals surface area contributed by atoms with E-state index in [0.29, 0.717) is 44.0 Å². The van der Waals surface area contributed by atoms with Crippen molar-refractivity contribution in [3.63, 3.8) is 0 Å². The number of rotatable bonds is 12. The molecule has 0 aliphatic heterocycles. The van der Waals surface area contributed by atoms with E-state index in [-0.39, 0.29) is 11.6 Å². The minimum Gasteiger partial charge on any atom is -0.493 e. The topological polar surface area (TPSA) is 103 Å². The van der Waals surface area contributed by atoms with Gasteiger partial charge in [0.2, 0.25) is 5.88 Å². The summed E-state index contributed by atoms with van der Waals surface area (Å²) in [5.41, 5.74) is 3.37. The number of carbonyl (C=O) groups is 1. The quantitative estimate of drug-likeness (QED) is 0.392. The molecular weight excluding hydrogens is 460 g/mol. The molecule has 3 rings (SSSR count). The average molecular weight is 497 g/mol. The summed E-state index contributed by atoms with van der Waals surface area (Å²) in [6.07, 6.45) is 1.96. The summed E-state index contributed by atoms with van der Waals surface area (Å²) in [6, 6.07) is 13.3. The summed E-state index contributed by atoms with van der Waals surface area (Å²) in [5, 5.41) is 20.2. The van der Waals surface area contributed by atoms with Crippen LogP contribution in [0.5, 0.6) is 11.6 Å². The van der Waals surface area contributed by atoms with Crippen molar-refractivity contribution in [2.24, 2.45) is 0 Å². The number of imidazole rings is 1. The van der Waals surface area contributed by atoms with Crippen LogP contribution in [-0.4, -0.2) is 44.6 Å². The molecule has 36 heavy (non-hydrogen) atoms. The highest BCUT2D eigenvalue weighted by Crippen LogP contribution is 2.23. The van der Waals surface area contributed by atoms with E-state index < -0.39 is 11.6 Å². The third-order valence-corrected chi connectivity index (χ3v) is 6.42. The number of carboxylic acid groups (broad SMARTS) is 1. The number of aliphatic carboxylic acids is 1. The molecule has 0 aliphatic rings. The Balaban J connectivity index is 1.73. The fourth-order valence-corrected chi connectivity index (χ4v) is 4.04. The van der Waals surface area contributed by atoms with Crippen LogP contribution in [-0.2, 0) is 35.5 Å². The second kappa shape index (κ2) is 11.5. The van der Waals surface area contributed by atoms with E-state index in [4.69, 9.17) is 9.47 Å². The Kier molecular flexibility index (Phi) is 8.63. The summed E-state index contributed by atoms with van der Waals surface area (Å²) in [7, 11) is 1.58. The first kappa shape index (κ1) is 27.1. The first-order valence-electron chi connectivity index (χ1n) is 12.1. The van der Waals surface area contributed by atoms with Gasteiger partial charge in [0.05, 0.1) is 25.4 Å². The van der Waals surface area contributed by atoms with Crippen molar-refractivity contribution in [1.82, 2.24) is 9.13 Å². The fourth-order valence-electron chi connectivity index (χ4n) is 4.04. The lowest BCUT2D eigenvalue weighted by Gasteiger charge is -2.21. The van der Waals surface area contributed by atoms with E-state index in [9.17, 15) is 19.8 Å². The number of hydrogen-bond donors (Lipinski definition) is 2. The van der Waals surface area contributed by atoms with Gasteiger partial charge < -0.3 is 19.7 Å². The predicted molar refractivity (Wildman–Crippen MR) is 138 cm³/mol. The van der Waals surface area contributed by atoms with Gasteiger partial charge in [0.1, 0.15) is 5.75 Å². The maximum absolute atomic E-state index is 13.2. The number of ether oxygens (including phenoxy) is 2. The largest absolute Gasteiger partial charge is 0.493 e. The minimum atomic E-state index is -1.31. The molecule has 0 spiro atoms. The van der Waals surface area contributed by atoms with Gasteiger partial charge >= 0.3 is 11.7 Å². The van der Waals surface area contributed by atoms with Crippen LogP contribution >= 0.6 is 0 Å². The van der Waals surface area contributed by atoms with Gasteiger partial charge in [-0.15, -0.1) is 0 Å². The summed E-state index contributed by atoms with van der Waals surface area (Å²) in [4.78, 5) is 24.4. The van der Waals surface area contributed by atoms with Gasteiger partial charge in [-0.3, -0.25) is 9.13 Å². The zero-order valence-corrected chi connectivity index (χ0v) is 21.7. The number of benzene rings is 2. The summed E-state index contributed by atoms with van der Waals surface area (Å²) < 4.78 is 13.8. The molecule has 2 aromatic carbocycles. The summed E-state index contributed by atoms with van der Waals surface area (Å²) >= 11 is 0. The monoisotopic (exact) mass is 496 g/mol. The highest BCUT2D eigenvalue weighted by molar-refractivity contribution is 5.76. The number of aromatic nitrogens is 2. The van der Waals surface area contributed by atoms with Crippen LogP contribution in [0.2, 0.25) is 0 Å². The van der Waals surface area contributed by atoms with Crippen LogP contribution in [0.4, 0.5) is 0 Å². The third-order valence-electron chi connectivity index (χ3n) is 6.42. The van der Waals surface area contributed by atoms with Gasteiger partial charge in [0, 0.05) is 7.11 Å². The smallest absolute Gasteiger partial charge is 0.347 e. The predicted octanol–water partition coefficient (Wildman–Crippen LogP) is 4.08. The van der Waals surface area contributed by atoms with Crippen molar-refractivity contribution in [3.8, 4) is 11.6 Å². The average Bonchev–Trinajstić information content (AvgIpc) is 3.04. The molecule has 0 bridgehead atoms. The Morgan fingerprint density at radius 2 is 1.64 bits per heavy atom. The number of carboxylic acids is 1. The second-order valence-electron chi connectivity index (χ2n) is 9.62. The van der Waals surface area contributed by atoms with Crippen molar-refractivity contribution < 1.29 is 24.5 Å². The van der Waals surface area contributed by atoms with Gasteiger partial charge in [0.15, 0.2) is 5.60 Å². The molecule has 0 aliphatic carbocycles. The third kappa shape index (κ3) is 6.37. The molecule has 0 saturated heterocycles. The molecule has 194 valence electrons. The van der Waals surface area contributed by atoms with Crippen LogP contribution in [0.15, 0.2) is 47.3 Å². The SMILES string of the molecule is COCCn1c(CCCc2ccc(OC(C)(C)C(=O)O)cc2)c(O)n(Cc2ccc(C)c(C)c2)c1=O. The summed E-state index contributed by atoms with van der Waals surface area (Å²) in [6.45, 7) is 8.11. The first-order valence-corrected chi connectivity index (χ1v) is 12.1. The van der Waals surface area contributed by atoms with E-state index in [0.717, 1.165) is 23.1 Å². The Labute approximate surface area is 211 Å². The highest BCUT2D eigenvalue weighted by atomic mass is 16.5. The van der Waals surface area contributed by atoms with Gasteiger partial charge in [-0.25, -0.2) is 9.59 Å². The minimum absolute atomic E-state index is 0.00557. The van der Waals surface area contributed by atoms with E-state index in [1.807, 2.05) is 44.2 Å². The number of aromatic hydroxyl groups is 1. The number of hydrogen-bond acceptors (Lipinski definition) is 5. The Bertz CT molecular complexity index is 1250. The highest BCUT2D eigenvalue weighted by Gasteiger charge is 2.29. The summed E-state index contributed by atoms with van der Waals surface area (Å²) in [5.74, 6) is -0.551. The Hall–Kier alpha value is -3.52. The number of aryl methyl sites for hydroxylation is 3. The van der Waals surface area contributed by atoms with Gasteiger partial charge in [0.25, 0.3) is 0 Å². The van der Waals surface area contributed by atoms with E-state index in [2.05, 4.69) is 0 Å². The zero-order chi connectivity index (χ0) is 26.5. The van der Waals surface area contributed by atoms with Crippen molar-refractivity contribution in [1.29, 1.82) is 0 Å². The molecule has 8 nitrogen and oxygen atoms in total. The lowest BCUT2D eigenvalue weighted by Crippen LogP contribution is -2.37. The zero-order valence-electron chi connectivity index (χ0n) is 21.7. The lowest BCUT2D eigenvalue weighted by molar-refractivity contribution is -0.152. The van der Waals surface area contributed by atoms with E-state index in [1.165, 1.54) is 24.0 Å². The standard InChI is InChI=1S/C28H36N2O6/c1-19-9-10-22(17-20(19)2)18-30-25(31)24(29(27(30)34)15-16-35-5)8-6-7-21-11-13-23(14-12-21)36-28(3,4)26(32)33/h9-14,17,31H,6-8,15-16,18H2,1-5H3,(H,32,33). The molecule has 0 fully saturated rings. The van der Waals surface area contributed by atoms with Crippen molar-refractivity contribution in [3.05, 3.63) is 80.9 Å². The van der Waals surface area contributed by atoms with Crippen molar-refractivity contribution >= 4 is 5.97 Å². The van der Waals surface area contributed by atoms with Crippen LogP contribution in [0.3, 0.4) is 0 Å². The van der Waals surface area contributed by atoms with Crippen LogP contribution in [0.25, 0.3) is 0 Å². The fraction of sp³-hybridized carbons (Fsp3) is 0.429. The van der Waals surface area contributed by atoms with Gasteiger partial charge in [-0.1, -0.05) is 30.3 Å². The molecule has 3 aromatic rings. The van der Waals surface area contributed by atoms with Crippen molar-refractivity contribution in [2.75, 3.05) is 13.7 Å². The molecule has 8 heteroatoms. The molecular formula is C28H36N2O6. The maximum Gasteiger partial charge on any atom is 0.347 e. The number of methoxy groups -OCH3 is 1. The maximum atomic E-state index is 13.2. The Morgan fingerprint density at radius 3 is 2.25 bits per heavy atom. The molecule has 1 aromatic heterocycles. The van der Waals surface area contributed by atoms with Crippen LogP contribution in [0.1, 0.15) is 48.2 Å². The molecule has 2 N–H and O–H groups in total. The first-order chi connectivity index (χ1) is 17.0. The van der Waals surface area contributed by atoms with Gasteiger partial charge in [-0.05, 0) is 81.3 Å². The lowest BCUT2D eigenvalue weighted by atomic mass is 10.1. The van der Waals surface area contributed by atoms with Crippen LogP contribution in [0, 0.1) is 13.8 Å². The van der Waals surface area contributed by atoms with Crippen LogP contribution < -0.4 is 10.4 Å². The second-order valence-corrected chi connectivity index (χ2v) is 9.62. The number of nitrogens with zero attached hydrogens (tertiary/aromatic N) is 2. The molecule has 0 unspecified atom stereocenters. The van der Waals surface area contributed by atoms with E-state index >= 15 is 0 Å².